The van der Waals surface area contributed by atoms with Gasteiger partial charge in [0, 0.05) is 11.3 Å². The maximum Gasteiger partial charge on any atom is 0.277 e. The topological polar surface area (TPSA) is 68.0 Å². The number of rotatable bonds is 5. The van der Waals surface area contributed by atoms with Gasteiger partial charge in [-0.3, -0.25) is 4.79 Å². The first-order valence-corrected chi connectivity index (χ1v) is 8.60. The van der Waals surface area contributed by atoms with Crippen molar-refractivity contribution in [2.24, 2.45) is 0 Å². The molecule has 0 fully saturated rings. The van der Waals surface area contributed by atoms with Gasteiger partial charge in [0.2, 0.25) is 11.8 Å². The van der Waals surface area contributed by atoms with Crippen LogP contribution in [-0.2, 0) is 4.79 Å². The normalized spacial score (nSPS) is 10.7. The van der Waals surface area contributed by atoms with Gasteiger partial charge < -0.3 is 9.73 Å². The summed E-state index contributed by atoms with van der Waals surface area (Å²) in [4.78, 5) is 12.0. The molecule has 0 saturated heterocycles. The molecule has 25 heavy (non-hydrogen) atoms. The lowest BCUT2D eigenvalue weighted by Gasteiger charge is -2.05. The molecular weight excluding hydrogens is 341 g/mol. The number of amides is 1. The molecule has 3 aromatic rings. The molecular formula is C18H16FN3O2S. The van der Waals surface area contributed by atoms with Gasteiger partial charge in [-0.15, -0.1) is 10.2 Å². The highest BCUT2D eigenvalue weighted by Crippen LogP contribution is 2.25. The van der Waals surface area contributed by atoms with Crippen LogP contribution in [0.5, 0.6) is 0 Å². The van der Waals surface area contributed by atoms with Crippen molar-refractivity contribution in [1.82, 2.24) is 10.2 Å². The number of thioether (sulfide) groups is 1. The van der Waals surface area contributed by atoms with Gasteiger partial charge in [-0.1, -0.05) is 36.0 Å². The minimum atomic E-state index is -0.356. The Morgan fingerprint density at radius 3 is 2.72 bits per heavy atom. The number of halogens is 1. The fourth-order valence-electron chi connectivity index (χ4n) is 2.18. The van der Waals surface area contributed by atoms with Crippen LogP contribution in [0, 0.1) is 19.7 Å². The van der Waals surface area contributed by atoms with E-state index in [1.807, 2.05) is 31.2 Å². The molecule has 0 bridgehead atoms. The zero-order valence-corrected chi connectivity index (χ0v) is 14.6. The van der Waals surface area contributed by atoms with Crippen LogP contribution in [0.25, 0.3) is 11.5 Å². The van der Waals surface area contributed by atoms with E-state index in [1.165, 1.54) is 6.07 Å². The first-order chi connectivity index (χ1) is 12.0. The number of carbonyl (C=O) groups is 1. The number of nitrogens with zero attached hydrogens (tertiary/aromatic N) is 2. The van der Waals surface area contributed by atoms with Gasteiger partial charge in [-0.2, -0.15) is 0 Å². The van der Waals surface area contributed by atoms with Crippen LogP contribution in [0.4, 0.5) is 10.1 Å². The van der Waals surface area contributed by atoms with Crippen LogP contribution in [0.3, 0.4) is 0 Å². The minimum Gasteiger partial charge on any atom is -0.411 e. The third-order valence-corrected chi connectivity index (χ3v) is 4.38. The third kappa shape index (κ3) is 4.24. The summed E-state index contributed by atoms with van der Waals surface area (Å²) in [5, 5.41) is 10.9. The maximum absolute atomic E-state index is 13.5. The SMILES string of the molecule is Cc1ccc(NC(=O)CSc2nnc(-c3ccccc3C)o2)cc1F. The van der Waals surface area contributed by atoms with Crippen LogP contribution < -0.4 is 5.32 Å². The second-order valence-electron chi connectivity index (χ2n) is 5.49. The van der Waals surface area contributed by atoms with Gasteiger partial charge in [0.25, 0.3) is 5.22 Å². The summed E-state index contributed by atoms with van der Waals surface area (Å²) in [7, 11) is 0. The van der Waals surface area contributed by atoms with E-state index in [9.17, 15) is 9.18 Å². The second kappa shape index (κ2) is 7.48. The van der Waals surface area contributed by atoms with Gasteiger partial charge in [-0.05, 0) is 43.2 Å². The van der Waals surface area contributed by atoms with E-state index in [1.54, 1.807) is 19.1 Å². The molecule has 1 N–H and O–H groups in total. The van der Waals surface area contributed by atoms with E-state index in [0.29, 0.717) is 22.4 Å². The van der Waals surface area contributed by atoms with E-state index >= 15 is 0 Å². The van der Waals surface area contributed by atoms with Gasteiger partial charge in [0.15, 0.2) is 0 Å². The Balaban J connectivity index is 1.59. The molecule has 0 saturated carbocycles. The number of nitrogens with one attached hydrogen (secondary N) is 1. The number of aryl methyl sites for hydroxylation is 2. The van der Waals surface area contributed by atoms with Crippen molar-refractivity contribution < 1.29 is 13.6 Å². The molecule has 0 spiro atoms. The Kier molecular flexibility index (Phi) is 5.14. The minimum absolute atomic E-state index is 0.0882. The molecule has 0 aliphatic heterocycles. The van der Waals surface area contributed by atoms with Crippen molar-refractivity contribution in [1.29, 1.82) is 0 Å². The Morgan fingerprint density at radius 2 is 1.96 bits per heavy atom. The van der Waals surface area contributed by atoms with E-state index < -0.39 is 0 Å². The standard InChI is InChI=1S/C18H16FN3O2S/c1-11-5-3-4-6-14(11)17-21-22-18(24-17)25-10-16(23)20-13-8-7-12(2)15(19)9-13/h3-9H,10H2,1-2H3,(H,20,23). The summed E-state index contributed by atoms with van der Waals surface area (Å²) < 4.78 is 19.1. The van der Waals surface area contributed by atoms with Crippen LogP contribution in [0.2, 0.25) is 0 Å². The van der Waals surface area contributed by atoms with Gasteiger partial charge in [0.05, 0.1) is 5.75 Å². The third-order valence-electron chi connectivity index (χ3n) is 3.56. The van der Waals surface area contributed by atoms with E-state index in [2.05, 4.69) is 15.5 Å². The summed E-state index contributed by atoms with van der Waals surface area (Å²) in [6.07, 6.45) is 0. The molecule has 0 aliphatic rings. The largest absolute Gasteiger partial charge is 0.411 e. The van der Waals surface area contributed by atoms with Crippen molar-refractivity contribution in [2.75, 3.05) is 11.1 Å². The van der Waals surface area contributed by atoms with E-state index in [0.717, 1.165) is 22.9 Å². The monoisotopic (exact) mass is 357 g/mol. The number of benzene rings is 2. The molecule has 1 aromatic heterocycles. The summed E-state index contributed by atoms with van der Waals surface area (Å²) >= 11 is 1.13. The number of carbonyl (C=O) groups excluding carboxylic acids is 1. The second-order valence-corrected chi connectivity index (χ2v) is 6.42. The number of hydrogen-bond acceptors (Lipinski definition) is 5. The molecule has 128 valence electrons. The predicted molar refractivity (Wildman–Crippen MR) is 95.0 cm³/mol. The van der Waals surface area contributed by atoms with Crippen LogP contribution in [0.1, 0.15) is 11.1 Å². The summed E-state index contributed by atoms with van der Waals surface area (Å²) in [6, 6.07) is 12.3. The fourth-order valence-corrected chi connectivity index (χ4v) is 2.75. The maximum atomic E-state index is 13.5. The lowest BCUT2D eigenvalue weighted by atomic mass is 10.1. The highest BCUT2D eigenvalue weighted by molar-refractivity contribution is 7.99. The molecule has 1 heterocycles. The fraction of sp³-hybridized carbons (Fsp3) is 0.167. The predicted octanol–water partition coefficient (Wildman–Crippen LogP) is 4.22. The molecule has 3 rings (SSSR count). The quantitative estimate of drug-likeness (QED) is 0.692. The summed E-state index contributed by atoms with van der Waals surface area (Å²) in [5.74, 6) is -0.124. The Labute approximate surface area is 148 Å². The average Bonchev–Trinajstić information content (AvgIpc) is 3.05. The number of anilines is 1. The van der Waals surface area contributed by atoms with Crippen LogP contribution >= 0.6 is 11.8 Å². The van der Waals surface area contributed by atoms with Crippen molar-refractivity contribution in [2.45, 2.75) is 19.1 Å². The molecule has 0 atom stereocenters. The molecule has 0 radical (unpaired) electrons. The van der Waals surface area contributed by atoms with Crippen molar-refractivity contribution >= 4 is 23.4 Å². The Morgan fingerprint density at radius 1 is 1.16 bits per heavy atom. The number of aromatic nitrogens is 2. The van der Waals surface area contributed by atoms with Crippen LogP contribution in [0.15, 0.2) is 52.1 Å². The lowest BCUT2D eigenvalue weighted by molar-refractivity contribution is -0.113. The van der Waals surface area contributed by atoms with Crippen molar-refractivity contribution in [3.63, 3.8) is 0 Å². The number of hydrogen-bond donors (Lipinski definition) is 1. The van der Waals surface area contributed by atoms with Gasteiger partial charge in [-0.25, -0.2) is 4.39 Å². The molecule has 1 amide bonds. The smallest absolute Gasteiger partial charge is 0.277 e. The zero-order valence-electron chi connectivity index (χ0n) is 13.7. The summed E-state index contributed by atoms with van der Waals surface area (Å²) in [6.45, 7) is 3.62. The average molecular weight is 357 g/mol. The first kappa shape index (κ1) is 17.2. The van der Waals surface area contributed by atoms with Crippen molar-refractivity contribution in [3.8, 4) is 11.5 Å². The van der Waals surface area contributed by atoms with E-state index in [4.69, 9.17) is 4.42 Å². The highest BCUT2D eigenvalue weighted by Gasteiger charge is 2.13. The molecule has 2 aromatic carbocycles. The molecule has 0 unspecified atom stereocenters. The Hall–Kier alpha value is -2.67. The van der Waals surface area contributed by atoms with Gasteiger partial charge in [0.1, 0.15) is 5.82 Å². The first-order valence-electron chi connectivity index (χ1n) is 7.61. The van der Waals surface area contributed by atoms with E-state index in [-0.39, 0.29) is 17.5 Å². The summed E-state index contributed by atoms with van der Waals surface area (Å²) in [5.41, 5.74) is 2.84. The van der Waals surface area contributed by atoms with Crippen LogP contribution in [-0.4, -0.2) is 21.9 Å². The highest BCUT2D eigenvalue weighted by atomic mass is 32.2. The molecule has 0 aliphatic carbocycles. The van der Waals surface area contributed by atoms with Gasteiger partial charge >= 0.3 is 0 Å². The molecule has 7 heteroatoms. The lowest BCUT2D eigenvalue weighted by Crippen LogP contribution is -2.14. The van der Waals surface area contributed by atoms with Crippen molar-refractivity contribution in [3.05, 3.63) is 59.4 Å². The Bertz CT molecular complexity index is 911. The molecule has 5 nitrogen and oxygen atoms in total. The zero-order chi connectivity index (χ0) is 17.8.